The van der Waals surface area contributed by atoms with Crippen LogP contribution in [-0.2, 0) is 20.5 Å². The summed E-state index contributed by atoms with van der Waals surface area (Å²) in [5.74, 6) is -4.86. The standard InChI is InChI=1S/C15H14F4N2O5/c1-26-14(25)7-6-21(4-5-22)13(24)11(7)20-9-3-2-8(16)10(12(9)23)15(17,18)19/h2-3,20,22-23H,4-6H2,1H3. The van der Waals surface area contributed by atoms with Crippen LogP contribution in [0.5, 0.6) is 5.75 Å². The number of halogens is 4. The first-order chi connectivity index (χ1) is 12.1. The molecule has 0 atom stereocenters. The molecule has 1 aliphatic rings. The van der Waals surface area contributed by atoms with Gasteiger partial charge in [-0.1, -0.05) is 0 Å². The van der Waals surface area contributed by atoms with Crippen LogP contribution in [0.15, 0.2) is 23.4 Å². The zero-order chi connectivity index (χ0) is 19.6. The Hall–Kier alpha value is -2.82. The number of hydrogen-bond donors (Lipinski definition) is 3. The number of amides is 1. The minimum Gasteiger partial charge on any atom is -0.505 e. The van der Waals surface area contributed by atoms with Crippen molar-refractivity contribution >= 4 is 17.6 Å². The zero-order valence-electron chi connectivity index (χ0n) is 13.4. The van der Waals surface area contributed by atoms with Crippen LogP contribution < -0.4 is 5.32 Å². The van der Waals surface area contributed by atoms with E-state index in [4.69, 9.17) is 5.11 Å². The number of benzene rings is 1. The number of alkyl halides is 3. The first-order valence-electron chi connectivity index (χ1n) is 7.19. The normalized spacial score (nSPS) is 14.8. The predicted octanol–water partition coefficient (Wildman–Crippen LogP) is 1.22. The van der Waals surface area contributed by atoms with Crippen molar-refractivity contribution in [2.45, 2.75) is 6.18 Å². The first-order valence-corrected chi connectivity index (χ1v) is 7.19. The Morgan fingerprint density at radius 3 is 2.58 bits per heavy atom. The summed E-state index contributed by atoms with van der Waals surface area (Å²) in [5, 5.41) is 21.0. The number of nitrogens with zero attached hydrogens (tertiary/aromatic N) is 1. The van der Waals surface area contributed by atoms with Crippen LogP contribution >= 0.6 is 0 Å². The third kappa shape index (κ3) is 3.57. The van der Waals surface area contributed by atoms with Gasteiger partial charge in [-0.25, -0.2) is 9.18 Å². The molecule has 1 amide bonds. The Morgan fingerprint density at radius 1 is 1.38 bits per heavy atom. The molecule has 11 heteroatoms. The smallest absolute Gasteiger partial charge is 0.422 e. The SMILES string of the molecule is COC(=O)C1=C(Nc2ccc(F)c(C(F)(F)F)c2O)C(=O)N(CCO)C1. The molecule has 0 fully saturated rings. The van der Waals surface area contributed by atoms with Crippen LogP contribution in [0.3, 0.4) is 0 Å². The molecule has 1 aromatic carbocycles. The van der Waals surface area contributed by atoms with Gasteiger partial charge in [-0.15, -0.1) is 0 Å². The highest BCUT2D eigenvalue weighted by atomic mass is 19.4. The number of aliphatic hydroxyl groups excluding tert-OH is 1. The number of methoxy groups -OCH3 is 1. The molecule has 1 heterocycles. The molecule has 1 aliphatic heterocycles. The second-order valence-corrected chi connectivity index (χ2v) is 5.24. The van der Waals surface area contributed by atoms with Crippen molar-refractivity contribution in [1.29, 1.82) is 0 Å². The molecule has 2 rings (SSSR count). The summed E-state index contributed by atoms with van der Waals surface area (Å²) in [4.78, 5) is 25.2. The maximum atomic E-state index is 13.4. The topological polar surface area (TPSA) is 99.1 Å². The van der Waals surface area contributed by atoms with Crippen LogP contribution in [0.4, 0.5) is 23.2 Å². The van der Waals surface area contributed by atoms with Gasteiger partial charge in [-0.3, -0.25) is 4.79 Å². The monoisotopic (exact) mass is 378 g/mol. The Balaban J connectivity index is 2.48. The first kappa shape index (κ1) is 19.5. The molecule has 0 aromatic heterocycles. The van der Waals surface area contributed by atoms with E-state index in [1.165, 1.54) is 0 Å². The van der Waals surface area contributed by atoms with Gasteiger partial charge >= 0.3 is 12.1 Å². The van der Waals surface area contributed by atoms with Crippen molar-refractivity contribution in [2.24, 2.45) is 0 Å². The summed E-state index contributed by atoms with van der Waals surface area (Å²) in [6, 6.07) is 1.26. The van der Waals surface area contributed by atoms with Crippen LogP contribution in [0.25, 0.3) is 0 Å². The number of anilines is 1. The number of carbonyl (C=O) groups is 2. The molecule has 7 nitrogen and oxygen atoms in total. The molecule has 0 radical (unpaired) electrons. The number of nitrogens with one attached hydrogen (secondary N) is 1. The molecular weight excluding hydrogens is 364 g/mol. The van der Waals surface area contributed by atoms with Crippen LogP contribution in [0.2, 0.25) is 0 Å². The molecule has 0 bridgehead atoms. The summed E-state index contributed by atoms with van der Waals surface area (Å²) >= 11 is 0. The van der Waals surface area contributed by atoms with Crippen molar-refractivity contribution in [3.05, 3.63) is 34.8 Å². The lowest BCUT2D eigenvalue weighted by Gasteiger charge is -2.17. The molecule has 0 spiro atoms. The van der Waals surface area contributed by atoms with E-state index in [0.29, 0.717) is 6.07 Å². The summed E-state index contributed by atoms with van der Waals surface area (Å²) in [6.07, 6.45) is -5.17. The number of phenols is 1. The number of esters is 1. The maximum absolute atomic E-state index is 13.4. The molecule has 0 unspecified atom stereocenters. The van der Waals surface area contributed by atoms with Crippen molar-refractivity contribution in [3.63, 3.8) is 0 Å². The molecule has 142 valence electrons. The minimum absolute atomic E-state index is 0.131. The molecule has 3 N–H and O–H groups in total. The van der Waals surface area contributed by atoms with Gasteiger partial charge in [0.2, 0.25) is 0 Å². The molecular formula is C15H14F4N2O5. The number of aliphatic hydroxyl groups is 1. The third-order valence-corrected chi connectivity index (χ3v) is 3.62. The maximum Gasteiger partial charge on any atom is 0.422 e. The number of ether oxygens (including phenoxy) is 1. The van der Waals surface area contributed by atoms with E-state index in [2.05, 4.69) is 10.1 Å². The quantitative estimate of drug-likeness (QED) is 0.405. The average Bonchev–Trinajstić information content (AvgIpc) is 2.85. The highest BCUT2D eigenvalue weighted by molar-refractivity contribution is 6.08. The van der Waals surface area contributed by atoms with Crippen LogP contribution in [-0.4, -0.2) is 53.8 Å². The number of rotatable bonds is 5. The number of carbonyl (C=O) groups excluding carboxylic acids is 2. The summed E-state index contributed by atoms with van der Waals surface area (Å²) in [5.41, 5.74) is -3.15. The lowest BCUT2D eigenvalue weighted by Crippen LogP contribution is -2.31. The molecule has 0 saturated carbocycles. The van der Waals surface area contributed by atoms with E-state index in [-0.39, 0.29) is 18.7 Å². The van der Waals surface area contributed by atoms with Gasteiger partial charge in [0.1, 0.15) is 17.1 Å². The molecule has 26 heavy (non-hydrogen) atoms. The fourth-order valence-electron chi connectivity index (χ4n) is 2.42. The van der Waals surface area contributed by atoms with Crippen molar-refractivity contribution in [1.82, 2.24) is 4.90 Å². The van der Waals surface area contributed by atoms with E-state index < -0.39 is 53.2 Å². The van der Waals surface area contributed by atoms with Gasteiger partial charge in [-0.05, 0) is 12.1 Å². The second-order valence-electron chi connectivity index (χ2n) is 5.24. The van der Waals surface area contributed by atoms with Crippen molar-refractivity contribution in [2.75, 3.05) is 32.1 Å². The van der Waals surface area contributed by atoms with E-state index in [1.54, 1.807) is 0 Å². The molecule has 0 aliphatic carbocycles. The Labute approximate surface area is 144 Å². The van der Waals surface area contributed by atoms with Crippen LogP contribution in [0, 0.1) is 5.82 Å². The number of β-amino-alcohol motifs (C(OH)–C–C–N with tert-alkyl or cyclic N) is 1. The van der Waals surface area contributed by atoms with E-state index in [1.807, 2.05) is 0 Å². The number of phenolic OH excluding ortho intramolecular Hbond substituents is 1. The third-order valence-electron chi connectivity index (χ3n) is 3.62. The van der Waals surface area contributed by atoms with Gasteiger partial charge in [-0.2, -0.15) is 13.2 Å². The van der Waals surface area contributed by atoms with Crippen molar-refractivity contribution < 1.29 is 42.1 Å². The zero-order valence-corrected chi connectivity index (χ0v) is 13.4. The van der Waals surface area contributed by atoms with Gasteiger partial charge in [0.15, 0.2) is 5.75 Å². The van der Waals surface area contributed by atoms with Crippen LogP contribution in [0.1, 0.15) is 5.56 Å². The highest BCUT2D eigenvalue weighted by Crippen LogP contribution is 2.42. The highest BCUT2D eigenvalue weighted by Gasteiger charge is 2.40. The predicted molar refractivity (Wildman–Crippen MR) is 79.4 cm³/mol. The fourth-order valence-corrected chi connectivity index (χ4v) is 2.42. The van der Waals surface area contributed by atoms with Gasteiger partial charge in [0, 0.05) is 6.54 Å². The van der Waals surface area contributed by atoms with E-state index in [0.717, 1.165) is 18.1 Å². The molecule has 0 saturated heterocycles. The summed E-state index contributed by atoms with van der Waals surface area (Å²) in [6.45, 7) is -0.788. The van der Waals surface area contributed by atoms with E-state index in [9.17, 15) is 32.3 Å². The fraction of sp³-hybridized carbons (Fsp3) is 0.333. The number of aromatic hydroxyl groups is 1. The Kier molecular flexibility index (Phi) is 5.40. The summed E-state index contributed by atoms with van der Waals surface area (Å²) in [7, 11) is 1.04. The van der Waals surface area contributed by atoms with Gasteiger partial charge < -0.3 is 25.2 Å². The molecule has 1 aromatic rings. The van der Waals surface area contributed by atoms with Gasteiger partial charge in [0.05, 0.1) is 31.5 Å². The minimum atomic E-state index is -5.17. The summed E-state index contributed by atoms with van der Waals surface area (Å²) < 4.78 is 56.6. The lowest BCUT2D eigenvalue weighted by atomic mass is 10.1. The lowest BCUT2D eigenvalue weighted by molar-refractivity contribution is -0.141. The Bertz CT molecular complexity index is 776. The Morgan fingerprint density at radius 2 is 2.04 bits per heavy atom. The number of hydrogen-bond acceptors (Lipinski definition) is 6. The largest absolute Gasteiger partial charge is 0.505 e. The van der Waals surface area contributed by atoms with Gasteiger partial charge in [0.25, 0.3) is 5.91 Å². The average molecular weight is 378 g/mol. The second kappa shape index (κ2) is 7.20. The van der Waals surface area contributed by atoms with Crippen molar-refractivity contribution in [3.8, 4) is 5.75 Å². The van der Waals surface area contributed by atoms with E-state index >= 15 is 0 Å².